The third kappa shape index (κ3) is 2.39. The normalized spacial score (nSPS) is 10.7. The summed E-state index contributed by atoms with van der Waals surface area (Å²) in [5.74, 6) is 0. The summed E-state index contributed by atoms with van der Waals surface area (Å²) < 4.78 is 0. The molecule has 2 rings (SSSR count). The topological polar surface area (TPSA) is 30.0 Å². The van der Waals surface area contributed by atoms with Crippen molar-refractivity contribution in [1.29, 1.82) is 0 Å². The number of carbonyl (C=O) groups excluding carboxylic acids is 1. The van der Waals surface area contributed by atoms with Crippen molar-refractivity contribution in [2.45, 2.75) is 0 Å². The van der Waals surface area contributed by atoms with Gasteiger partial charge in [0, 0.05) is 17.1 Å². The molecular formula is C12H9NOS. The van der Waals surface area contributed by atoms with Gasteiger partial charge in [-0.05, 0) is 11.6 Å². The van der Waals surface area contributed by atoms with Gasteiger partial charge in [0.2, 0.25) is 0 Å². The molecule has 0 radical (unpaired) electrons. The molecule has 0 aliphatic heterocycles. The fourth-order valence-electron chi connectivity index (χ4n) is 1.25. The van der Waals surface area contributed by atoms with E-state index >= 15 is 0 Å². The molecule has 0 spiro atoms. The van der Waals surface area contributed by atoms with Crippen LogP contribution in [0.15, 0.2) is 41.9 Å². The zero-order chi connectivity index (χ0) is 10.5. The summed E-state index contributed by atoms with van der Waals surface area (Å²) in [7, 11) is 0. The number of aldehydes is 1. The molecule has 0 saturated heterocycles. The summed E-state index contributed by atoms with van der Waals surface area (Å²) in [5.41, 5.74) is 2.12. The van der Waals surface area contributed by atoms with Gasteiger partial charge in [-0.2, -0.15) is 0 Å². The van der Waals surface area contributed by atoms with Crippen molar-refractivity contribution >= 4 is 23.7 Å². The molecule has 0 saturated carbocycles. The lowest BCUT2D eigenvalue weighted by atomic mass is 10.1. The molecule has 15 heavy (non-hydrogen) atoms. The lowest BCUT2D eigenvalue weighted by Gasteiger charge is -1.96. The Kier molecular flexibility index (Phi) is 3.05. The number of thiazole rings is 1. The van der Waals surface area contributed by atoms with E-state index in [1.54, 1.807) is 23.6 Å². The molecule has 0 fully saturated rings. The van der Waals surface area contributed by atoms with E-state index in [0.29, 0.717) is 0 Å². The maximum absolute atomic E-state index is 10.1. The van der Waals surface area contributed by atoms with Crippen molar-refractivity contribution in [2.24, 2.45) is 0 Å². The van der Waals surface area contributed by atoms with Crippen LogP contribution in [-0.4, -0.2) is 11.3 Å². The Morgan fingerprint density at radius 1 is 1.20 bits per heavy atom. The van der Waals surface area contributed by atoms with Crippen molar-refractivity contribution in [3.63, 3.8) is 0 Å². The number of carbonyl (C=O) groups is 1. The highest BCUT2D eigenvalue weighted by atomic mass is 32.1. The molecule has 0 bridgehead atoms. The summed E-state index contributed by atoms with van der Waals surface area (Å²) in [6.45, 7) is 0. The smallest absolute Gasteiger partial charge is 0.142 e. The summed E-state index contributed by atoms with van der Waals surface area (Å²) >= 11 is 1.61. The highest BCUT2D eigenvalue weighted by molar-refractivity contribution is 7.13. The number of rotatable bonds is 3. The number of nitrogens with zero attached hydrogens (tertiary/aromatic N) is 1. The van der Waals surface area contributed by atoms with Crippen molar-refractivity contribution in [3.05, 3.63) is 47.5 Å². The maximum atomic E-state index is 10.1. The van der Waals surface area contributed by atoms with Crippen LogP contribution in [0.4, 0.5) is 0 Å². The van der Waals surface area contributed by atoms with Crippen LogP contribution in [0.5, 0.6) is 0 Å². The fraction of sp³-hybridized carbons (Fsp3) is 0. The SMILES string of the molecule is O=CC=Cc1ccc(-c2nccs2)cc1. The van der Waals surface area contributed by atoms with E-state index in [-0.39, 0.29) is 0 Å². The van der Waals surface area contributed by atoms with Gasteiger partial charge in [0.1, 0.15) is 11.3 Å². The molecule has 74 valence electrons. The molecular weight excluding hydrogens is 206 g/mol. The number of hydrogen-bond donors (Lipinski definition) is 0. The zero-order valence-electron chi connectivity index (χ0n) is 7.96. The van der Waals surface area contributed by atoms with E-state index in [4.69, 9.17) is 0 Å². The van der Waals surface area contributed by atoms with Crippen LogP contribution < -0.4 is 0 Å². The zero-order valence-corrected chi connectivity index (χ0v) is 8.78. The van der Waals surface area contributed by atoms with Crippen molar-refractivity contribution in [2.75, 3.05) is 0 Å². The van der Waals surface area contributed by atoms with Gasteiger partial charge in [-0.25, -0.2) is 4.98 Å². The van der Waals surface area contributed by atoms with Crippen LogP contribution >= 0.6 is 11.3 Å². The molecule has 0 atom stereocenters. The minimum atomic E-state index is 0.773. The Balaban J connectivity index is 2.24. The van der Waals surface area contributed by atoms with Gasteiger partial charge in [-0.15, -0.1) is 11.3 Å². The Morgan fingerprint density at radius 3 is 2.60 bits per heavy atom. The first-order valence-electron chi connectivity index (χ1n) is 4.52. The van der Waals surface area contributed by atoms with Gasteiger partial charge >= 0.3 is 0 Å². The molecule has 0 aliphatic carbocycles. The monoisotopic (exact) mass is 215 g/mol. The van der Waals surface area contributed by atoms with Gasteiger partial charge in [0.25, 0.3) is 0 Å². The molecule has 2 nitrogen and oxygen atoms in total. The first-order valence-corrected chi connectivity index (χ1v) is 5.40. The average molecular weight is 215 g/mol. The van der Waals surface area contributed by atoms with Crippen molar-refractivity contribution < 1.29 is 4.79 Å². The Bertz CT molecular complexity index is 457. The van der Waals surface area contributed by atoms with Gasteiger partial charge < -0.3 is 0 Å². The quantitative estimate of drug-likeness (QED) is 0.582. The minimum absolute atomic E-state index is 0.773. The number of aromatic nitrogens is 1. The van der Waals surface area contributed by atoms with Gasteiger partial charge in [-0.1, -0.05) is 30.3 Å². The second-order valence-corrected chi connectivity index (χ2v) is 3.85. The van der Waals surface area contributed by atoms with Crippen LogP contribution in [0.25, 0.3) is 16.6 Å². The molecule has 1 aromatic carbocycles. The summed E-state index contributed by atoms with van der Waals surface area (Å²) in [4.78, 5) is 14.4. The molecule has 0 unspecified atom stereocenters. The van der Waals surface area contributed by atoms with Crippen LogP contribution in [-0.2, 0) is 4.79 Å². The van der Waals surface area contributed by atoms with Crippen molar-refractivity contribution in [1.82, 2.24) is 4.98 Å². The predicted molar refractivity (Wildman–Crippen MR) is 62.6 cm³/mol. The first kappa shape index (κ1) is 9.80. The van der Waals surface area contributed by atoms with Crippen molar-refractivity contribution in [3.8, 4) is 10.6 Å². The number of benzene rings is 1. The molecule has 3 heteroatoms. The van der Waals surface area contributed by atoms with Crippen LogP contribution in [0.2, 0.25) is 0 Å². The third-order valence-corrected chi connectivity index (χ3v) is 2.78. The third-order valence-electron chi connectivity index (χ3n) is 1.96. The summed E-state index contributed by atoms with van der Waals surface area (Å²) in [6.07, 6.45) is 5.83. The fourth-order valence-corrected chi connectivity index (χ4v) is 1.90. The van der Waals surface area contributed by atoms with E-state index in [9.17, 15) is 4.79 Å². The molecule has 2 aromatic rings. The molecule has 0 N–H and O–H groups in total. The number of allylic oxidation sites excluding steroid dienone is 1. The predicted octanol–water partition coefficient (Wildman–Crippen LogP) is 3.02. The molecule has 0 aliphatic rings. The van der Waals surface area contributed by atoms with E-state index < -0.39 is 0 Å². The molecule has 1 heterocycles. The van der Waals surface area contributed by atoms with E-state index in [1.165, 1.54) is 6.08 Å². The lowest BCUT2D eigenvalue weighted by Crippen LogP contribution is -1.76. The highest BCUT2D eigenvalue weighted by Crippen LogP contribution is 2.21. The second kappa shape index (κ2) is 4.66. The second-order valence-electron chi connectivity index (χ2n) is 2.95. The Morgan fingerprint density at radius 2 is 2.00 bits per heavy atom. The lowest BCUT2D eigenvalue weighted by molar-refractivity contribution is -0.104. The summed E-state index contributed by atoms with van der Waals surface area (Å²) in [5, 5.41) is 2.97. The Hall–Kier alpha value is -1.74. The minimum Gasteiger partial charge on any atom is -0.299 e. The van der Waals surface area contributed by atoms with Gasteiger partial charge in [0.05, 0.1) is 0 Å². The largest absolute Gasteiger partial charge is 0.299 e. The molecule has 0 amide bonds. The first-order chi connectivity index (χ1) is 7.40. The van der Waals surface area contributed by atoms with E-state index in [1.807, 2.05) is 29.6 Å². The van der Waals surface area contributed by atoms with Crippen LogP contribution in [0.3, 0.4) is 0 Å². The average Bonchev–Trinajstić information content (AvgIpc) is 2.80. The summed E-state index contributed by atoms with van der Waals surface area (Å²) in [6, 6.07) is 7.94. The maximum Gasteiger partial charge on any atom is 0.142 e. The van der Waals surface area contributed by atoms with Gasteiger partial charge in [-0.3, -0.25) is 4.79 Å². The molecule has 1 aromatic heterocycles. The van der Waals surface area contributed by atoms with Crippen LogP contribution in [0, 0.1) is 0 Å². The van der Waals surface area contributed by atoms with Crippen LogP contribution in [0.1, 0.15) is 5.56 Å². The van der Waals surface area contributed by atoms with E-state index in [0.717, 1.165) is 22.4 Å². The highest BCUT2D eigenvalue weighted by Gasteiger charge is 1.98. The number of hydrogen-bond acceptors (Lipinski definition) is 3. The standard InChI is InChI=1S/C12H9NOS/c14-8-1-2-10-3-5-11(6-4-10)12-13-7-9-15-12/h1-9H. The van der Waals surface area contributed by atoms with Gasteiger partial charge in [0.15, 0.2) is 0 Å². The Labute approximate surface area is 91.9 Å². The van der Waals surface area contributed by atoms with E-state index in [2.05, 4.69) is 4.98 Å².